The molecule has 0 saturated carbocycles. The van der Waals surface area contributed by atoms with Crippen LogP contribution in [0, 0.1) is 6.92 Å². The van der Waals surface area contributed by atoms with E-state index in [1.54, 1.807) is 44.4 Å². The number of aryl methyl sites for hydroxylation is 1. The molecule has 2 aliphatic rings. The third kappa shape index (κ3) is 3.88. The summed E-state index contributed by atoms with van der Waals surface area (Å²) in [5.74, 6) is -1.05. The van der Waals surface area contributed by atoms with Crippen molar-refractivity contribution in [3.05, 3.63) is 64.7 Å². The molecule has 7 heteroatoms. The Morgan fingerprint density at radius 1 is 1.23 bits per heavy atom. The molecule has 0 bridgehead atoms. The van der Waals surface area contributed by atoms with Crippen LogP contribution in [0.25, 0.3) is 5.76 Å². The first kappa shape index (κ1) is 20.9. The Bertz CT molecular complexity index is 1050. The molecule has 2 unspecified atom stereocenters. The Kier molecular flexibility index (Phi) is 5.69. The topological polar surface area (TPSA) is 96.3 Å². The lowest BCUT2D eigenvalue weighted by molar-refractivity contribution is -0.140. The van der Waals surface area contributed by atoms with Crippen molar-refractivity contribution in [1.82, 2.24) is 4.90 Å². The summed E-state index contributed by atoms with van der Waals surface area (Å²) in [5.41, 5.74) is 1.70. The van der Waals surface area contributed by atoms with Gasteiger partial charge in [-0.2, -0.15) is 0 Å². The molecule has 2 fully saturated rings. The maximum atomic E-state index is 13.1. The highest BCUT2D eigenvalue weighted by atomic mass is 16.5. The van der Waals surface area contributed by atoms with E-state index in [2.05, 4.69) is 0 Å². The number of Topliss-reactive ketones (excluding diaryl/α,β-unsaturated/α-hetero) is 1. The van der Waals surface area contributed by atoms with Gasteiger partial charge in [-0.05, 0) is 61.2 Å². The van der Waals surface area contributed by atoms with Gasteiger partial charge in [0.25, 0.3) is 11.7 Å². The van der Waals surface area contributed by atoms with Gasteiger partial charge in [0.15, 0.2) is 0 Å². The second-order valence-electron chi connectivity index (χ2n) is 7.86. The largest absolute Gasteiger partial charge is 0.508 e. The predicted octanol–water partition coefficient (Wildman–Crippen LogP) is 3.31. The molecular weight excluding hydrogens is 398 g/mol. The minimum atomic E-state index is -0.821. The number of aliphatic hydroxyl groups excluding tert-OH is 1. The number of benzene rings is 2. The summed E-state index contributed by atoms with van der Waals surface area (Å²) in [4.78, 5) is 27.5. The third-order valence-electron chi connectivity index (χ3n) is 5.84. The number of rotatable bonds is 5. The minimum Gasteiger partial charge on any atom is -0.508 e. The van der Waals surface area contributed by atoms with Crippen molar-refractivity contribution >= 4 is 17.4 Å². The lowest BCUT2D eigenvalue weighted by Gasteiger charge is -2.27. The molecule has 7 nitrogen and oxygen atoms in total. The first-order chi connectivity index (χ1) is 14.9. The molecule has 0 aliphatic carbocycles. The van der Waals surface area contributed by atoms with Crippen LogP contribution in [0.5, 0.6) is 11.5 Å². The summed E-state index contributed by atoms with van der Waals surface area (Å²) < 4.78 is 10.9. The normalized spacial score (nSPS) is 22.8. The van der Waals surface area contributed by atoms with E-state index in [9.17, 15) is 19.8 Å². The van der Waals surface area contributed by atoms with Crippen LogP contribution in [0.3, 0.4) is 0 Å². The number of aliphatic hydroxyl groups is 1. The fourth-order valence-electron chi connectivity index (χ4n) is 4.29. The van der Waals surface area contributed by atoms with Gasteiger partial charge in [0.2, 0.25) is 0 Å². The van der Waals surface area contributed by atoms with Gasteiger partial charge in [-0.3, -0.25) is 9.59 Å². The lowest BCUT2D eigenvalue weighted by atomic mass is 9.93. The number of phenols is 1. The Hall–Kier alpha value is -3.32. The first-order valence-corrected chi connectivity index (χ1v) is 10.2. The number of aromatic hydroxyl groups is 1. The molecule has 2 N–H and O–H groups in total. The van der Waals surface area contributed by atoms with E-state index < -0.39 is 17.7 Å². The number of likely N-dealkylation sites (tertiary alicyclic amines) is 1. The summed E-state index contributed by atoms with van der Waals surface area (Å²) in [6.07, 6.45) is 1.53. The number of hydrogen-bond donors (Lipinski definition) is 2. The number of carbonyl (C=O) groups is 2. The van der Waals surface area contributed by atoms with Crippen LogP contribution < -0.4 is 4.74 Å². The second-order valence-corrected chi connectivity index (χ2v) is 7.86. The van der Waals surface area contributed by atoms with Crippen molar-refractivity contribution in [2.45, 2.75) is 31.9 Å². The zero-order chi connectivity index (χ0) is 22.1. The van der Waals surface area contributed by atoms with Gasteiger partial charge < -0.3 is 24.6 Å². The van der Waals surface area contributed by atoms with E-state index in [4.69, 9.17) is 9.47 Å². The average Bonchev–Trinajstić information content (AvgIpc) is 3.35. The highest BCUT2D eigenvalue weighted by Crippen LogP contribution is 2.41. The van der Waals surface area contributed by atoms with Crippen molar-refractivity contribution in [3.63, 3.8) is 0 Å². The molecule has 2 saturated heterocycles. The van der Waals surface area contributed by atoms with Gasteiger partial charge in [-0.15, -0.1) is 0 Å². The van der Waals surface area contributed by atoms with Crippen LogP contribution in [0.15, 0.2) is 48.0 Å². The Balaban J connectivity index is 1.84. The minimum absolute atomic E-state index is 0.00173. The fraction of sp³-hybridized carbons (Fsp3) is 0.333. The molecule has 2 heterocycles. The molecule has 162 valence electrons. The van der Waals surface area contributed by atoms with Gasteiger partial charge in [-0.25, -0.2) is 0 Å². The zero-order valence-corrected chi connectivity index (χ0v) is 17.5. The quantitative estimate of drug-likeness (QED) is 0.435. The molecule has 1 amide bonds. The molecule has 2 aliphatic heterocycles. The van der Waals surface area contributed by atoms with E-state index in [0.29, 0.717) is 29.0 Å². The maximum absolute atomic E-state index is 13.1. The highest BCUT2D eigenvalue weighted by molar-refractivity contribution is 6.46. The second kappa shape index (κ2) is 8.43. The molecule has 2 aromatic carbocycles. The SMILES string of the molecule is COc1ccc(/C(O)=C2/C(=O)C(=O)N(CC3CCCO3)C2c2cccc(O)c2)c(C)c1. The number of phenolic OH excluding ortho intramolecular Hbond substituents is 1. The fourth-order valence-corrected chi connectivity index (χ4v) is 4.29. The van der Waals surface area contributed by atoms with Crippen LogP contribution >= 0.6 is 0 Å². The van der Waals surface area contributed by atoms with Crippen molar-refractivity contribution in [2.24, 2.45) is 0 Å². The van der Waals surface area contributed by atoms with E-state index in [1.807, 2.05) is 0 Å². The number of carbonyl (C=O) groups excluding carboxylic acids is 2. The smallest absolute Gasteiger partial charge is 0.295 e. The maximum Gasteiger partial charge on any atom is 0.295 e. The summed E-state index contributed by atoms with van der Waals surface area (Å²) in [6.45, 7) is 2.66. The molecule has 0 radical (unpaired) electrons. The van der Waals surface area contributed by atoms with Crippen LogP contribution in [0.4, 0.5) is 0 Å². The van der Waals surface area contributed by atoms with Crippen LogP contribution in [-0.4, -0.2) is 53.2 Å². The molecule has 0 spiro atoms. The summed E-state index contributed by atoms with van der Waals surface area (Å²) in [7, 11) is 1.55. The van der Waals surface area contributed by atoms with E-state index in [1.165, 1.54) is 17.0 Å². The van der Waals surface area contributed by atoms with Crippen molar-refractivity contribution in [3.8, 4) is 11.5 Å². The van der Waals surface area contributed by atoms with E-state index >= 15 is 0 Å². The Labute approximate surface area is 180 Å². The van der Waals surface area contributed by atoms with Gasteiger partial charge in [-0.1, -0.05) is 12.1 Å². The first-order valence-electron chi connectivity index (χ1n) is 10.2. The van der Waals surface area contributed by atoms with Crippen molar-refractivity contribution in [1.29, 1.82) is 0 Å². The number of nitrogens with zero attached hydrogens (tertiary/aromatic N) is 1. The number of ketones is 1. The van der Waals surface area contributed by atoms with Gasteiger partial charge in [0.05, 0.1) is 24.8 Å². The number of methoxy groups -OCH3 is 1. The van der Waals surface area contributed by atoms with Gasteiger partial charge in [0, 0.05) is 18.7 Å². The average molecular weight is 423 g/mol. The summed E-state index contributed by atoms with van der Waals surface area (Å²) in [6, 6.07) is 10.7. The summed E-state index contributed by atoms with van der Waals surface area (Å²) in [5, 5.41) is 21.2. The predicted molar refractivity (Wildman–Crippen MR) is 114 cm³/mol. The Morgan fingerprint density at radius 2 is 2.03 bits per heavy atom. The lowest BCUT2D eigenvalue weighted by Crippen LogP contribution is -2.36. The summed E-state index contributed by atoms with van der Waals surface area (Å²) >= 11 is 0. The van der Waals surface area contributed by atoms with Crippen molar-refractivity contribution < 1.29 is 29.3 Å². The molecule has 0 aromatic heterocycles. The number of hydrogen-bond acceptors (Lipinski definition) is 6. The zero-order valence-electron chi connectivity index (χ0n) is 17.5. The number of amides is 1. The highest BCUT2D eigenvalue weighted by Gasteiger charge is 2.47. The van der Waals surface area contributed by atoms with Gasteiger partial charge in [0.1, 0.15) is 17.3 Å². The van der Waals surface area contributed by atoms with Gasteiger partial charge >= 0.3 is 0 Å². The van der Waals surface area contributed by atoms with E-state index in [-0.39, 0.29) is 29.7 Å². The molecule has 2 atom stereocenters. The van der Waals surface area contributed by atoms with Crippen LogP contribution in [-0.2, 0) is 14.3 Å². The standard InChI is InChI=1S/C24H25NO6/c1-14-11-17(30-2)8-9-19(14)22(27)20-21(15-5-3-6-16(26)12-15)25(24(29)23(20)28)13-18-7-4-10-31-18/h3,5-6,8-9,11-12,18,21,26-27H,4,7,10,13H2,1-2H3/b22-20-. The molecular formula is C24H25NO6. The van der Waals surface area contributed by atoms with E-state index in [0.717, 1.165) is 12.8 Å². The van der Waals surface area contributed by atoms with Crippen molar-refractivity contribution in [2.75, 3.05) is 20.3 Å². The van der Waals surface area contributed by atoms with Crippen LogP contribution in [0.1, 0.15) is 35.6 Å². The number of ether oxygens (including phenoxy) is 2. The monoisotopic (exact) mass is 423 g/mol. The molecule has 31 heavy (non-hydrogen) atoms. The third-order valence-corrected chi connectivity index (χ3v) is 5.84. The van der Waals surface area contributed by atoms with Crippen LogP contribution in [0.2, 0.25) is 0 Å². The molecule has 4 rings (SSSR count). The molecule has 2 aromatic rings. The Morgan fingerprint density at radius 3 is 2.68 bits per heavy atom.